The van der Waals surface area contributed by atoms with Crippen LogP contribution in [0.3, 0.4) is 0 Å². The summed E-state index contributed by atoms with van der Waals surface area (Å²) in [5.74, 6) is 0.512. The van der Waals surface area contributed by atoms with Crippen LogP contribution in [0.2, 0.25) is 26.2 Å². The SMILES string of the molecule is C=C(C)CN(CC)[Si](C)(C)O[Si](C)(C)OCC(C)CNCC. The smallest absolute Gasteiger partial charge is 0.322 e. The van der Waals surface area contributed by atoms with Gasteiger partial charge in [-0.1, -0.05) is 32.9 Å². The van der Waals surface area contributed by atoms with Gasteiger partial charge in [-0.3, -0.25) is 4.57 Å². The minimum atomic E-state index is -2.11. The third-order valence-electron chi connectivity index (χ3n) is 3.56. The topological polar surface area (TPSA) is 33.7 Å². The summed E-state index contributed by atoms with van der Waals surface area (Å²) in [5.41, 5.74) is 1.19. The molecule has 1 unspecified atom stereocenters. The van der Waals surface area contributed by atoms with Crippen molar-refractivity contribution in [3.8, 4) is 0 Å². The molecule has 0 aromatic carbocycles. The molecular formula is C16H38N2O2Si2. The van der Waals surface area contributed by atoms with Crippen molar-refractivity contribution < 1.29 is 8.54 Å². The van der Waals surface area contributed by atoms with Crippen molar-refractivity contribution in [1.82, 2.24) is 9.88 Å². The predicted octanol–water partition coefficient (Wildman–Crippen LogP) is 3.57. The molecule has 0 aromatic heterocycles. The lowest BCUT2D eigenvalue weighted by Gasteiger charge is -2.41. The van der Waals surface area contributed by atoms with Crippen molar-refractivity contribution in [2.75, 3.05) is 32.8 Å². The lowest BCUT2D eigenvalue weighted by atomic mass is 10.2. The average Bonchev–Trinajstić information content (AvgIpc) is 2.38. The fourth-order valence-corrected chi connectivity index (χ4v) is 10.2. The molecule has 22 heavy (non-hydrogen) atoms. The maximum absolute atomic E-state index is 6.55. The maximum Gasteiger partial charge on any atom is 0.322 e. The Kier molecular flexibility index (Phi) is 10.0. The summed E-state index contributed by atoms with van der Waals surface area (Å²) < 4.78 is 15.2. The van der Waals surface area contributed by atoms with E-state index in [-0.39, 0.29) is 0 Å². The second-order valence-electron chi connectivity index (χ2n) is 7.14. The van der Waals surface area contributed by atoms with E-state index in [2.05, 4.69) is 70.3 Å². The van der Waals surface area contributed by atoms with Crippen LogP contribution < -0.4 is 5.32 Å². The van der Waals surface area contributed by atoms with Gasteiger partial charge in [-0.15, -0.1) is 0 Å². The average molecular weight is 347 g/mol. The van der Waals surface area contributed by atoms with E-state index in [9.17, 15) is 0 Å². The first kappa shape index (κ1) is 22.0. The van der Waals surface area contributed by atoms with Gasteiger partial charge in [-0.2, -0.15) is 0 Å². The molecule has 132 valence electrons. The number of rotatable bonds is 12. The molecule has 1 atom stereocenters. The standard InChI is InChI=1S/C16H38N2O2Si2/c1-10-17-12-16(5)14-19-22(8,9)20-21(6,7)18(11-2)13-15(3)4/h16-17H,3,10-14H2,1-2,4-9H3. The summed E-state index contributed by atoms with van der Waals surface area (Å²) in [6.07, 6.45) is 0. The van der Waals surface area contributed by atoms with Crippen LogP contribution in [0, 0.1) is 5.92 Å². The zero-order valence-electron chi connectivity index (χ0n) is 16.1. The molecule has 6 heteroatoms. The molecule has 0 rings (SSSR count). The number of hydrogen-bond donors (Lipinski definition) is 1. The maximum atomic E-state index is 6.55. The van der Waals surface area contributed by atoms with Crippen LogP contribution in [0.1, 0.15) is 27.7 Å². The second kappa shape index (κ2) is 10.00. The molecule has 0 saturated heterocycles. The Morgan fingerprint density at radius 2 is 1.82 bits per heavy atom. The molecule has 0 saturated carbocycles. The summed E-state index contributed by atoms with van der Waals surface area (Å²) in [6, 6.07) is 0. The number of nitrogens with zero attached hydrogens (tertiary/aromatic N) is 1. The Hall–Kier alpha value is 0.0138. The highest BCUT2D eigenvalue weighted by atomic mass is 28.4. The van der Waals surface area contributed by atoms with Crippen LogP contribution in [0.25, 0.3) is 0 Å². The Balaban J connectivity index is 4.55. The quantitative estimate of drug-likeness (QED) is 0.433. The fraction of sp³-hybridized carbons (Fsp3) is 0.875. The van der Waals surface area contributed by atoms with E-state index in [1.807, 2.05) is 0 Å². The van der Waals surface area contributed by atoms with Gasteiger partial charge in [0.2, 0.25) is 0 Å². The van der Waals surface area contributed by atoms with Crippen molar-refractivity contribution in [3.05, 3.63) is 12.2 Å². The lowest BCUT2D eigenvalue weighted by Crippen LogP contribution is -2.58. The van der Waals surface area contributed by atoms with Gasteiger partial charge >= 0.3 is 8.56 Å². The van der Waals surface area contributed by atoms with E-state index >= 15 is 0 Å². The van der Waals surface area contributed by atoms with Gasteiger partial charge in [0.1, 0.15) is 0 Å². The molecule has 0 bridgehead atoms. The van der Waals surface area contributed by atoms with E-state index < -0.39 is 17.0 Å². The molecular weight excluding hydrogens is 308 g/mol. The van der Waals surface area contributed by atoms with Crippen molar-refractivity contribution in [3.63, 3.8) is 0 Å². The minimum Gasteiger partial charge on any atom is -0.424 e. The predicted molar refractivity (Wildman–Crippen MR) is 102 cm³/mol. The molecule has 0 amide bonds. The Bertz CT molecular complexity index is 336. The molecule has 0 aromatic rings. The van der Waals surface area contributed by atoms with Crippen molar-refractivity contribution >= 4 is 17.0 Å². The first-order valence-electron chi connectivity index (χ1n) is 8.48. The molecule has 1 N–H and O–H groups in total. The highest BCUT2D eigenvalue weighted by Gasteiger charge is 2.39. The van der Waals surface area contributed by atoms with E-state index in [1.165, 1.54) is 5.57 Å². The first-order valence-corrected chi connectivity index (χ1v) is 14.2. The minimum absolute atomic E-state index is 0.512. The summed E-state index contributed by atoms with van der Waals surface area (Å²) in [4.78, 5) is 0. The van der Waals surface area contributed by atoms with Crippen LogP contribution in [-0.2, 0) is 8.54 Å². The monoisotopic (exact) mass is 346 g/mol. The number of hydrogen-bond acceptors (Lipinski definition) is 4. The Morgan fingerprint density at radius 3 is 2.27 bits per heavy atom. The van der Waals surface area contributed by atoms with Crippen LogP contribution in [0.4, 0.5) is 0 Å². The lowest BCUT2D eigenvalue weighted by molar-refractivity contribution is 0.197. The summed E-state index contributed by atoms with van der Waals surface area (Å²) in [5, 5.41) is 3.37. The van der Waals surface area contributed by atoms with E-state index in [0.717, 1.165) is 32.8 Å². The van der Waals surface area contributed by atoms with E-state index in [4.69, 9.17) is 8.54 Å². The van der Waals surface area contributed by atoms with Gasteiger partial charge in [-0.25, -0.2) is 0 Å². The molecule has 0 fully saturated rings. The molecule has 0 radical (unpaired) electrons. The van der Waals surface area contributed by atoms with Crippen molar-refractivity contribution in [1.29, 1.82) is 0 Å². The zero-order chi connectivity index (χ0) is 17.4. The summed E-state index contributed by atoms with van der Waals surface area (Å²) in [7, 11) is -4.04. The molecule has 0 aliphatic rings. The normalized spacial score (nSPS) is 14.4. The molecule has 0 spiro atoms. The van der Waals surface area contributed by atoms with Crippen LogP contribution >= 0.6 is 0 Å². The highest BCUT2D eigenvalue weighted by Crippen LogP contribution is 2.20. The zero-order valence-corrected chi connectivity index (χ0v) is 18.1. The van der Waals surface area contributed by atoms with E-state index in [1.54, 1.807) is 0 Å². The van der Waals surface area contributed by atoms with Gasteiger partial charge in [0.25, 0.3) is 8.48 Å². The van der Waals surface area contributed by atoms with Gasteiger partial charge < -0.3 is 13.9 Å². The molecule has 0 aliphatic carbocycles. The van der Waals surface area contributed by atoms with Gasteiger partial charge in [-0.05, 0) is 58.7 Å². The second-order valence-corrected chi connectivity index (χ2v) is 14.6. The van der Waals surface area contributed by atoms with Crippen LogP contribution in [-0.4, -0.2) is 54.4 Å². The van der Waals surface area contributed by atoms with Gasteiger partial charge in [0.05, 0.1) is 0 Å². The van der Waals surface area contributed by atoms with Gasteiger partial charge in [0, 0.05) is 13.2 Å². The van der Waals surface area contributed by atoms with Crippen molar-refractivity contribution in [2.45, 2.75) is 53.9 Å². The highest BCUT2D eigenvalue weighted by molar-refractivity contribution is 6.80. The summed E-state index contributed by atoms with van der Waals surface area (Å²) >= 11 is 0. The number of nitrogens with one attached hydrogen (secondary N) is 1. The fourth-order valence-electron chi connectivity index (χ4n) is 2.50. The molecule has 4 nitrogen and oxygen atoms in total. The van der Waals surface area contributed by atoms with Gasteiger partial charge in [0.15, 0.2) is 0 Å². The largest absolute Gasteiger partial charge is 0.424 e. The first-order chi connectivity index (χ1) is 10.0. The Labute approximate surface area is 140 Å². The van der Waals surface area contributed by atoms with Crippen LogP contribution in [0.5, 0.6) is 0 Å². The molecule has 0 heterocycles. The Morgan fingerprint density at radius 1 is 1.23 bits per heavy atom. The van der Waals surface area contributed by atoms with Crippen LogP contribution in [0.15, 0.2) is 12.2 Å². The molecule has 0 aliphatic heterocycles. The third-order valence-corrected chi connectivity index (χ3v) is 10.4. The number of likely N-dealkylation sites (N-methyl/N-ethyl adjacent to an activating group) is 1. The third kappa shape index (κ3) is 9.22. The summed E-state index contributed by atoms with van der Waals surface area (Å²) in [6.45, 7) is 26.2. The van der Waals surface area contributed by atoms with Crippen molar-refractivity contribution in [2.24, 2.45) is 5.92 Å². The van der Waals surface area contributed by atoms with E-state index in [0.29, 0.717) is 5.92 Å².